The van der Waals surface area contributed by atoms with Gasteiger partial charge in [-0.1, -0.05) is 60.7 Å². The van der Waals surface area contributed by atoms with Crippen LogP contribution in [0.15, 0.2) is 78.9 Å². The van der Waals surface area contributed by atoms with Gasteiger partial charge in [0.15, 0.2) is 0 Å². The molecule has 6 nitrogen and oxygen atoms in total. The molecule has 0 aliphatic carbocycles. The second-order valence-electron chi connectivity index (χ2n) is 9.63. The molecule has 0 bridgehead atoms. The molecule has 6 heteroatoms. The normalized spacial score (nSPS) is 19.6. The van der Waals surface area contributed by atoms with E-state index < -0.39 is 17.9 Å². The van der Waals surface area contributed by atoms with Crippen molar-refractivity contribution in [1.29, 1.82) is 0 Å². The van der Waals surface area contributed by atoms with E-state index in [1.54, 1.807) is 12.0 Å². The second-order valence-corrected chi connectivity index (χ2v) is 9.63. The van der Waals surface area contributed by atoms with E-state index in [4.69, 9.17) is 4.74 Å². The molecule has 36 heavy (non-hydrogen) atoms. The van der Waals surface area contributed by atoms with Crippen LogP contribution in [0.3, 0.4) is 0 Å². The average Bonchev–Trinajstić information content (AvgIpc) is 3.25. The third-order valence-corrected chi connectivity index (χ3v) is 7.49. The van der Waals surface area contributed by atoms with Crippen LogP contribution in [0.4, 0.5) is 5.69 Å². The lowest BCUT2D eigenvalue weighted by atomic mass is 9.90. The Morgan fingerprint density at radius 3 is 2.22 bits per heavy atom. The van der Waals surface area contributed by atoms with Gasteiger partial charge in [0.25, 0.3) is 0 Å². The zero-order chi connectivity index (χ0) is 25.1. The number of anilines is 1. The second kappa shape index (κ2) is 10.4. The SMILES string of the molecule is COc1ccc2c(c1)CCCCN2[C@H]1C[C@@H](C(=O)O)N(C(=O)C(c2ccccc2)c2ccccc2)C1. The number of carboxylic acid groups (broad SMARTS) is 1. The molecular formula is C30H32N2O4. The smallest absolute Gasteiger partial charge is 0.326 e. The number of methoxy groups -OCH3 is 1. The van der Waals surface area contributed by atoms with Gasteiger partial charge >= 0.3 is 5.97 Å². The zero-order valence-corrected chi connectivity index (χ0v) is 20.5. The highest BCUT2D eigenvalue weighted by Gasteiger charge is 2.44. The van der Waals surface area contributed by atoms with Crippen molar-refractivity contribution in [3.05, 3.63) is 95.6 Å². The third-order valence-electron chi connectivity index (χ3n) is 7.49. The lowest BCUT2D eigenvalue weighted by molar-refractivity contribution is -0.148. The average molecular weight is 485 g/mol. The van der Waals surface area contributed by atoms with Crippen molar-refractivity contribution in [1.82, 2.24) is 4.90 Å². The largest absolute Gasteiger partial charge is 0.497 e. The monoisotopic (exact) mass is 484 g/mol. The van der Waals surface area contributed by atoms with Crippen molar-refractivity contribution in [2.24, 2.45) is 0 Å². The van der Waals surface area contributed by atoms with E-state index in [0.717, 1.165) is 48.4 Å². The Hall–Kier alpha value is -3.80. The number of carbonyl (C=O) groups excluding carboxylic acids is 1. The number of aryl methyl sites for hydroxylation is 1. The maximum Gasteiger partial charge on any atom is 0.326 e. The van der Waals surface area contributed by atoms with Gasteiger partial charge in [0.1, 0.15) is 11.8 Å². The molecule has 5 rings (SSSR count). The number of rotatable bonds is 6. The summed E-state index contributed by atoms with van der Waals surface area (Å²) in [5, 5.41) is 10.2. The van der Waals surface area contributed by atoms with Crippen molar-refractivity contribution in [2.75, 3.05) is 25.1 Å². The van der Waals surface area contributed by atoms with Crippen molar-refractivity contribution in [3.63, 3.8) is 0 Å². The first kappa shape index (κ1) is 23.9. The fraction of sp³-hybridized carbons (Fsp3) is 0.333. The Morgan fingerprint density at radius 1 is 0.944 bits per heavy atom. The molecule has 0 saturated carbocycles. The lowest BCUT2D eigenvalue weighted by Crippen LogP contribution is -2.44. The Bertz CT molecular complexity index is 1170. The van der Waals surface area contributed by atoms with E-state index in [1.165, 1.54) is 5.56 Å². The molecule has 1 fully saturated rings. The van der Waals surface area contributed by atoms with Crippen molar-refractivity contribution >= 4 is 17.6 Å². The van der Waals surface area contributed by atoms with Gasteiger partial charge in [-0.2, -0.15) is 0 Å². The molecule has 0 spiro atoms. The van der Waals surface area contributed by atoms with Crippen LogP contribution in [0.2, 0.25) is 0 Å². The van der Waals surface area contributed by atoms with Crippen LogP contribution in [0, 0.1) is 0 Å². The predicted molar refractivity (Wildman–Crippen MR) is 140 cm³/mol. The molecule has 0 radical (unpaired) electrons. The van der Waals surface area contributed by atoms with Crippen LogP contribution in [-0.2, 0) is 16.0 Å². The van der Waals surface area contributed by atoms with Gasteiger partial charge in [-0.25, -0.2) is 4.79 Å². The maximum absolute atomic E-state index is 14.1. The molecule has 3 aromatic carbocycles. The molecule has 186 valence electrons. The topological polar surface area (TPSA) is 70.1 Å². The van der Waals surface area contributed by atoms with Gasteiger partial charge < -0.3 is 19.6 Å². The van der Waals surface area contributed by atoms with Gasteiger partial charge in [-0.15, -0.1) is 0 Å². The van der Waals surface area contributed by atoms with Gasteiger partial charge in [0.2, 0.25) is 5.91 Å². The van der Waals surface area contributed by atoms with Crippen LogP contribution >= 0.6 is 0 Å². The summed E-state index contributed by atoms with van der Waals surface area (Å²) in [6.07, 6.45) is 3.46. The van der Waals surface area contributed by atoms with Crippen LogP contribution in [0.25, 0.3) is 0 Å². The molecule has 0 aromatic heterocycles. The van der Waals surface area contributed by atoms with Crippen molar-refractivity contribution < 1.29 is 19.4 Å². The minimum Gasteiger partial charge on any atom is -0.497 e. The number of benzene rings is 3. The van der Waals surface area contributed by atoms with Crippen LogP contribution in [-0.4, -0.2) is 54.2 Å². The van der Waals surface area contributed by atoms with E-state index in [1.807, 2.05) is 66.7 Å². The molecule has 1 N–H and O–H groups in total. The summed E-state index contributed by atoms with van der Waals surface area (Å²) in [5.41, 5.74) is 4.08. The van der Waals surface area contributed by atoms with E-state index in [9.17, 15) is 14.7 Å². The summed E-state index contributed by atoms with van der Waals surface area (Å²) in [7, 11) is 1.67. The third kappa shape index (κ3) is 4.68. The number of aliphatic carboxylic acids is 1. The number of carboxylic acids is 1. The molecule has 2 atom stereocenters. The van der Waals surface area contributed by atoms with Gasteiger partial charge in [-0.3, -0.25) is 4.79 Å². The summed E-state index contributed by atoms with van der Waals surface area (Å²) >= 11 is 0. The Morgan fingerprint density at radius 2 is 1.61 bits per heavy atom. The molecule has 2 aliphatic rings. The van der Waals surface area contributed by atoms with Crippen LogP contribution < -0.4 is 9.64 Å². The van der Waals surface area contributed by atoms with Gasteiger partial charge in [-0.05, 0) is 54.2 Å². The highest BCUT2D eigenvalue weighted by Crippen LogP contribution is 2.36. The van der Waals surface area contributed by atoms with Crippen LogP contribution in [0.1, 0.15) is 41.9 Å². The number of nitrogens with zero attached hydrogens (tertiary/aromatic N) is 2. The molecular weight excluding hydrogens is 452 g/mol. The number of hydrogen-bond acceptors (Lipinski definition) is 4. The van der Waals surface area contributed by atoms with Gasteiger partial charge in [0, 0.05) is 31.2 Å². The first-order valence-electron chi connectivity index (χ1n) is 12.6. The zero-order valence-electron chi connectivity index (χ0n) is 20.5. The number of amides is 1. The summed E-state index contributed by atoms with van der Waals surface area (Å²) in [5.74, 6) is -0.827. The molecule has 1 saturated heterocycles. The Balaban J connectivity index is 1.48. The van der Waals surface area contributed by atoms with Crippen LogP contribution in [0.5, 0.6) is 5.75 Å². The lowest BCUT2D eigenvalue weighted by Gasteiger charge is -2.32. The first-order valence-corrected chi connectivity index (χ1v) is 12.6. The Labute approximate surface area is 212 Å². The van der Waals surface area contributed by atoms with E-state index in [0.29, 0.717) is 13.0 Å². The number of ether oxygens (including phenoxy) is 1. The number of fused-ring (bicyclic) bond motifs is 1. The van der Waals surface area contributed by atoms with E-state index in [2.05, 4.69) is 17.0 Å². The Kier molecular flexibility index (Phi) is 6.94. The molecule has 1 amide bonds. The van der Waals surface area contributed by atoms with Crippen molar-refractivity contribution in [2.45, 2.75) is 43.7 Å². The molecule has 2 aliphatic heterocycles. The van der Waals surface area contributed by atoms with E-state index >= 15 is 0 Å². The maximum atomic E-state index is 14.1. The summed E-state index contributed by atoms with van der Waals surface area (Å²) < 4.78 is 5.44. The number of carbonyl (C=O) groups is 2. The predicted octanol–water partition coefficient (Wildman–Crippen LogP) is 4.72. The minimum absolute atomic E-state index is 0.0625. The highest BCUT2D eigenvalue weighted by atomic mass is 16.5. The standard InChI is InChI=1S/C30H32N2O4/c1-36-25-15-16-26-23(18-25)14-8-9-17-31(26)24-19-27(30(34)35)32(20-24)29(33)28(21-10-4-2-5-11-21)22-12-6-3-7-13-22/h2-7,10-13,15-16,18,24,27-28H,8-9,14,17,19-20H2,1H3,(H,34,35)/t24-,27-/m0/s1. The molecule has 0 unspecified atom stereocenters. The minimum atomic E-state index is -0.949. The van der Waals surface area contributed by atoms with E-state index in [-0.39, 0.29) is 11.9 Å². The fourth-order valence-corrected chi connectivity index (χ4v) is 5.72. The summed E-state index contributed by atoms with van der Waals surface area (Å²) in [6, 6.07) is 24.5. The summed E-state index contributed by atoms with van der Waals surface area (Å²) in [4.78, 5) is 30.4. The quantitative estimate of drug-likeness (QED) is 0.548. The van der Waals surface area contributed by atoms with Gasteiger partial charge in [0.05, 0.1) is 13.0 Å². The van der Waals surface area contributed by atoms with Crippen molar-refractivity contribution in [3.8, 4) is 5.75 Å². The number of likely N-dealkylation sites (tertiary alicyclic amines) is 1. The number of hydrogen-bond donors (Lipinski definition) is 1. The summed E-state index contributed by atoms with van der Waals surface area (Å²) in [6.45, 7) is 1.23. The molecule has 3 aromatic rings. The molecule has 2 heterocycles. The fourth-order valence-electron chi connectivity index (χ4n) is 5.72. The highest BCUT2D eigenvalue weighted by molar-refractivity contribution is 5.91. The first-order chi connectivity index (χ1) is 17.6.